The zero-order valence-corrected chi connectivity index (χ0v) is 22.2. The summed E-state index contributed by atoms with van der Waals surface area (Å²) in [5.41, 5.74) is -0.203. The molecule has 0 aliphatic carbocycles. The first-order valence-electron chi connectivity index (χ1n) is 11.5. The molecule has 2 N–H and O–H groups in total. The smallest absolute Gasteiger partial charge is 0.338 e. The second-order valence-electron chi connectivity index (χ2n) is 8.34. The summed E-state index contributed by atoms with van der Waals surface area (Å²) in [6.45, 7) is 3.17. The van der Waals surface area contributed by atoms with Crippen LogP contribution in [0.15, 0.2) is 21.7 Å². The SMILES string of the molecule is COc1cc(C(=O)OCCn2c(=O)c3c(nc(N4CC[NH2+]CC4)n3C)n(C)c2=O)cc(OC)c1OC.[Cl-]. The van der Waals surface area contributed by atoms with Crippen LogP contribution in [0.4, 0.5) is 5.95 Å². The minimum atomic E-state index is -0.662. The molecule has 4 rings (SSSR count). The van der Waals surface area contributed by atoms with Crippen molar-refractivity contribution in [2.45, 2.75) is 6.54 Å². The second-order valence-corrected chi connectivity index (χ2v) is 8.34. The minimum absolute atomic E-state index is 0. The molecule has 2 aromatic heterocycles. The first-order valence-corrected chi connectivity index (χ1v) is 11.5. The van der Waals surface area contributed by atoms with Gasteiger partial charge in [0.2, 0.25) is 11.7 Å². The number of ether oxygens (including phenoxy) is 4. The molecule has 0 amide bonds. The Hall–Kier alpha value is -3.71. The van der Waals surface area contributed by atoms with Crippen LogP contribution in [0.5, 0.6) is 17.2 Å². The average molecular weight is 539 g/mol. The third-order valence-corrected chi connectivity index (χ3v) is 6.27. The van der Waals surface area contributed by atoms with Gasteiger partial charge < -0.3 is 46.1 Å². The first-order chi connectivity index (χ1) is 17.3. The molecule has 0 bridgehead atoms. The zero-order valence-electron chi connectivity index (χ0n) is 21.4. The summed E-state index contributed by atoms with van der Waals surface area (Å²) in [4.78, 5) is 45.6. The third-order valence-electron chi connectivity index (χ3n) is 6.27. The minimum Gasteiger partial charge on any atom is -1.00 e. The number of carbonyl (C=O) groups is 1. The van der Waals surface area contributed by atoms with Gasteiger partial charge in [-0.15, -0.1) is 0 Å². The highest BCUT2D eigenvalue weighted by molar-refractivity contribution is 5.91. The number of benzene rings is 1. The molecule has 0 spiro atoms. The molecule has 0 saturated carbocycles. The number of piperazine rings is 1. The van der Waals surface area contributed by atoms with Crippen LogP contribution in [0, 0.1) is 0 Å². The Labute approximate surface area is 218 Å². The van der Waals surface area contributed by atoms with Gasteiger partial charge in [0.25, 0.3) is 5.56 Å². The first kappa shape index (κ1) is 27.9. The number of hydrogen-bond donors (Lipinski definition) is 1. The van der Waals surface area contributed by atoms with E-state index in [-0.39, 0.29) is 31.1 Å². The normalized spacial score (nSPS) is 13.3. The van der Waals surface area contributed by atoms with Gasteiger partial charge in [0.05, 0.1) is 59.6 Å². The van der Waals surface area contributed by atoms with E-state index in [4.69, 9.17) is 18.9 Å². The van der Waals surface area contributed by atoms with E-state index in [0.717, 1.165) is 30.7 Å². The molecule has 0 radical (unpaired) electrons. The van der Waals surface area contributed by atoms with Crippen LogP contribution in [0.3, 0.4) is 0 Å². The van der Waals surface area contributed by atoms with E-state index < -0.39 is 17.2 Å². The molecule has 1 saturated heterocycles. The Kier molecular flexibility index (Phi) is 8.71. The molecule has 0 unspecified atom stereocenters. The number of imidazole rings is 1. The van der Waals surface area contributed by atoms with Crippen LogP contribution in [0.1, 0.15) is 10.4 Å². The van der Waals surface area contributed by atoms with E-state index in [1.165, 1.54) is 38.0 Å². The van der Waals surface area contributed by atoms with Crippen LogP contribution < -0.4 is 48.1 Å². The van der Waals surface area contributed by atoms with E-state index >= 15 is 0 Å². The summed E-state index contributed by atoms with van der Waals surface area (Å²) in [6, 6.07) is 2.94. The molecule has 37 heavy (non-hydrogen) atoms. The standard InChI is InChI=1S/C23H30N6O7.ClH/c1-26-17-19(25-22(26)28-8-6-24-7-9-28)27(2)23(32)29(20(17)30)10-11-36-21(31)14-12-15(33-3)18(35-5)16(13-14)34-4;/h12-13,24H,6-11H2,1-5H3;1H. The quantitative estimate of drug-likeness (QED) is 0.283. The maximum Gasteiger partial charge on any atom is 0.338 e. The van der Waals surface area contributed by atoms with Crippen molar-refractivity contribution in [1.82, 2.24) is 18.7 Å². The van der Waals surface area contributed by atoms with Crippen molar-refractivity contribution in [3.63, 3.8) is 0 Å². The number of fused-ring (bicyclic) bond motifs is 1. The molecule has 14 heteroatoms. The lowest BCUT2D eigenvalue weighted by Crippen LogP contribution is -3.00. The molecule has 1 aromatic carbocycles. The van der Waals surface area contributed by atoms with Crippen molar-refractivity contribution in [2.24, 2.45) is 14.1 Å². The van der Waals surface area contributed by atoms with Crippen LogP contribution in [0.25, 0.3) is 11.2 Å². The predicted molar refractivity (Wildman–Crippen MR) is 130 cm³/mol. The average Bonchev–Trinajstić information content (AvgIpc) is 3.25. The van der Waals surface area contributed by atoms with Crippen molar-refractivity contribution in [3.8, 4) is 17.2 Å². The van der Waals surface area contributed by atoms with E-state index in [0.29, 0.717) is 34.4 Å². The number of aryl methyl sites for hydroxylation is 2. The Morgan fingerprint density at radius 1 is 1.00 bits per heavy atom. The summed E-state index contributed by atoms with van der Waals surface area (Å²) in [5, 5.41) is 2.22. The van der Waals surface area contributed by atoms with Gasteiger partial charge in [-0.25, -0.2) is 9.59 Å². The van der Waals surface area contributed by atoms with Gasteiger partial charge >= 0.3 is 11.7 Å². The molecule has 3 aromatic rings. The van der Waals surface area contributed by atoms with Crippen LogP contribution in [-0.4, -0.2) is 78.8 Å². The van der Waals surface area contributed by atoms with Gasteiger partial charge in [0.15, 0.2) is 22.7 Å². The van der Waals surface area contributed by atoms with Gasteiger partial charge in [-0.05, 0) is 12.1 Å². The maximum absolute atomic E-state index is 13.3. The van der Waals surface area contributed by atoms with Crippen molar-refractivity contribution >= 4 is 23.1 Å². The highest BCUT2D eigenvalue weighted by Crippen LogP contribution is 2.38. The lowest BCUT2D eigenvalue weighted by molar-refractivity contribution is -0.655. The number of nitrogens with two attached hydrogens (primary N) is 1. The molecule has 1 aliphatic heterocycles. The molecule has 1 aliphatic rings. The lowest BCUT2D eigenvalue weighted by Gasteiger charge is -2.25. The molecular weight excluding hydrogens is 508 g/mol. The number of carbonyl (C=O) groups excluding carboxylic acids is 1. The van der Waals surface area contributed by atoms with Crippen molar-refractivity contribution < 1.29 is 41.5 Å². The van der Waals surface area contributed by atoms with E-state index in [9.17, 15) is 14.4 Å². The number of rotatable bonds is 8. The van der Waals surface area contributed by atoms with Gasteiger partial charge in [-0.2, -0.15) is 4.98 Å². The lowest BCUT2D eigenvalue weighted by atomic mass is 10.2. The highest BCUT2D eigenvalue weighted by atomic mass is 35.5. The topological polar surface area (TPSA) is 136 Å². The number of hydrogen-bond acceptors (Lipinski definition) is 9. The summed E-state index contributed by atoms with van der Waals surface area (Å²) >= 11 is 0. The Balaban J connectivity index is 0.00000380. The molecular formula is C23H31ClN6O7. The third kappa shape index (κ3) is 5.09. The van der Waals surface area contributed by atoms with E-state index in [1.54, 1.807) is 18.7 Å². The number of halogens is 1. The number of quaternary nitrogens is 1. The fourth-order valence-electron chi connectivity index (χ4n) is 4.37. The molecule has 13 nitrogen and oxygen atoms in total. The number of methoxy groups -OCH3 is 3. The van der Waals surface area contributed by atoms with Crippen molar-refractivity contribution in [1.29, 1.82) is 0 Å². The van der Waals surface area contributed by atoms with Crippen LogP contribution in [-0.2, 0) is 25.4 Å². The summed E-state index contributed by atoms with van der Waals surface area (Å²) in [7, 11) is 7.69. The van der Waals surface area contributed by atoms with Crippen molar-refractivity contribution in [3.05, 3.63) is 38.5 Å². The predicted octanol–water partition coefficient (Wildman–Crippen LogP) is -4.30. The fraction of sp³-hybridized carbons (Fsp3) is 0.478. The zero-order chi connectivity index (χ0) is 26.0. The Bertz CT molecular complexity index is 1380. The Morgan fingerprint density at radius 3 is 2.19 bits per heavy atom. The van der Waals surface area contributed by atoms with Crippen molar-refractivity contribution in [2.75, 3.05) is 59.0 Å². The second kappa shape index (κ2) is 11.6. The summed E-state index contributed by atoms with van der Waals surface area (Å²) in [5.74, 6) is 0.940. The summed E-state index contributed by atoms with van der Waals surface area (Å²) < 4.78 is 25.3. The fourth-order valence-corrected chi connectivity index (χ4v) is 4.37. The number of aromatic nitrogens is 4. The number of nitrogens with zero attached hydrogens (tertiary/aromatic N) is 5. The van der Waals surface area contributed by atoms with Gasteiger partial charge in [0, 0.05) is 14.1 Å². The highest BCUT2D eigenvalue weighted by Gasteiger charge is 2.24. The van der Waals surface area contributed by atoms with Crippen LogP contribution >= 0.6 is 0 Å². The van der Waals surface area contributed by atoms with E-state index in [1.807, 2.05) is 0 Å². The maximum atomic E-state index is 13.3. The Morgan fingerprint density at radius 2 is 1.62 bits per heavy atom. The van der Waals surface area contributed by atoms with Gasteiger partial charge in [-0.1, -0.05) is 0 Å². The molecule has 1 fully saturated rings. The molecule has 202 valence electrons. The molecule has 3 heterocycles. The van der Waals surface area contributed by atoms with Gasteiger partial charge in [-0.3, -0.25) is 13.9 Å². The number of anilines is 1. The largest absolute Gasteiger partial charge is 1.00 e. The monoisotopic (exact) mass is 538 g/mol. The summed E-state index contributed by atoms with van der Waals surface area (Å²) in [6.07, 6.45) is 0. The van der Waals surface area contributed by atoms with Gasteiger partial charge in [0.1, 0.15) is 6.61 Å². The number of esters is 1. The molecule has 0 atom stereocenters. The van der Waals surface area contributed by atoms with E-state index in [2.05, 4.69) is 15.2 Å². The van der Waals surface area contributed by atoms with Crippen LogP contribution in [0.2, 0.25) is 0 Å².